The van der Waals surface area contributed by atoms with E-state index in [0.29, 0.717) is 0 Å². The van der Waals surface area contributed by atoms with E-state index in [1.165, 1.54) is 10.9 Å². The maximum atomic E-state index is 6.64. The molecular formula is C40H28N6O. The molecule has 224 valence electrons. The van der Waals surface area contributed by atoms with E-state index in [-0.39, 0.29) is 5.41 Å². The molecule has 10 aromatic rings. The Bertz CT molecular complexity index is 2930. The van der Waals surface area contributed by atoms with Crippen molar-refractivity contribution in [3.63, 3.8) is 0 Å². The molecule has 47 heavy (non-hydrogen) atoms. The van der Waals surface area contributed by atoms with Crippen LogP contribution in [0.5, 0.6) is 11.5 Å². The Morgan fingerprint density at radius 3 is 1.83 bits per heavy atom. The van der Waals surface area contributed by atoms with E-state index in [4.69, 9.17) is 14.7 Å². The first kappa shape index (κ1) is 26.2. The fourth-order valence-electron chi connectivity index (χ4n) is 7.13. The topological polar surface area (TPSA) is 69.6 Å². The van der Waals surface area contributed by atoms with Crippen LogP contribution in [-0.2, 0) is 5.41 Å². The van der Waals surface area contributed by atoms with Crippen LogP contribution in [0.15, 0.2) is 116 Å². The summed E-state index contributed by atoms with van der Waals surface area (Å²) in [5, 5.41) is 6.36. The van der Waals surface area contributed by atoms with Crippen LogP contribution < -0.4 is 4.74 Å². The molecule has 0 radical (unpaired) electrons. The molecule has 5 aromatic heterocycles. The minimum atomic E-state index is 0.0230. The number of benzene rings is 5. The van der Waals surface area contributed by atoms with E-state index < -0.39 is 0 Å². The fraction of sp³-hybridized carbons (Fsp3) is 0.100. The molecule has 0 aliphatic rings. The Labute approximate surface area is 268 Å². The molecule has 0 fully saturated rings. The molecule has 10 rings (SSSR count). The minimum Gasteiger partial charge on any atom is -0.457 e. The second-order valence-corrected chi connectivity index (χ2v) is 13.3. The zero-order chi connectivity index (χ0) is 31.4. The normalized spacial score (nSPS) is 12.6. The fourth-order valence-corrected chi connectivity index (χ4v) is 7.13. The van der Waals surface area contributed by atoms with Crippen molar-refractivity contribution in [1.29, 1.82) is 0 Å². The largest absolute Gasteiger partial charge is 0.457 e. The van der Waals surface area contributed by atoms with E-state index in [9.17, 15) is 0 Å². The highest BCUT2D eigenvalue weighted by Gasteiger charge is 2.19. The lowest BCUT2D eigenvalue weighted by Gasteiger charge is -2.20. The standard InChI is InChI=1S/C40H28N6O/c1-40(2,3)23-12-17-34-28(18-23)26-15-13-24(19-29(26)38-43-32-8-4-6-10-35(32)45(34)38)47-25-14-16-27-30(20-25)39-44-33-9-5-7-11-36(33)46(39)37-31(27)21-41-22-42-37/h4-22H,1-3H3. The monoisotopic (exact) mass is 608 g/mol. The van der Waals surface area contributed by atoms with Crippen LogP contribution in [0.4, 0.5) is 0 Å². The zero-order valence-electron chi connectivity index (χ0n) is 26.1. The number of para-hydroxylation sites is 4. The highest BCUT2D eigenvalue weighted by molar-refractivity contribution is 6.15. The first-order valence-corrected chi connectivity index (χ1v) is 15.8. The average Bonchev–Trinajstić information content (AvgIpc) is 3.68. The summed E-state index contributed by atoms with van der Waals surface area (Å²) in [5.74, 6) is 1.47. The first-order chi connectivity index (χ1) is 22.9. The molecule has 0 aliphatic heterocycles. The highest BCUT2D eigenvalue weighted by atomic mass is 16.5. The molecule has 0 amide bonds. The zero-order valence-corrected chi connectivity index (χ0v) is 26.1. The first-order valence-electron chi connectivity index (χ1n) is 15.8. The van der Waals surface area contributed by atoms with Crippen LogP contribution in [0.3, 0.4) is 0 Å². The van der Waals surface area contributed by atoms with E-state index in [1.54, 1.807) is 6.33 Å². The number of hydrogen-bond acceptors (Lipinski definition) is 5. The lowest BCUT2D eigenvalue weighted by atomic mass is 9.86. The predicted octanol–water partition coefficient (Wildman–Crippen LogP) is 9.78. The van der Waals surface area contributed by atoms with Gasteiger partial charge in [-0.2, -0.15) is 0 Å². The third-order valence-electron chi connectivity index (χ3n) is 9.41. The summed E-state index contributed by atoms with van der Waals surface area (Å²) >= 11 is 0. The maximum absolute atomic E-state index is 6.64. The maximum Gasteiger partial charge on any atom is 0.150 e. The van der Waals surface area contributed by atoms with Gasteiger partial charge in [0, 0.05) is 27.7 Å². The molecule has 0 atom stereocenters. The molecule has 0 saturated carbocycles. The van der Waals surface area contributed by atoms with E-state index in [1.807, 2.05) is 36.5 Å². The van der Waals surface area contributed by atoms with Gasteiger partial charge in [-0.15, -0.1) is 0 Å². The molecule has 5 heterocycles. The van der Waals surface area contributed by atoms with Crippen molar-refractivity contribution in [2.45, 2.75) is 26.2 Å². The Kier molecular flexibility index (Phi) is 5.14. The Morgan fingerprint density at radius 1 is 0.532 bits per heavy atom. The van der Waals surface area contributed by atoms with Gasteiger partial charge in [-0.25, -0.2) is 19.9 Å². The Morgan fingerprint density at radius 2 is 1.15 bits per heavy atom. The van der Waals surface area contributed by atoms with Crippen molar-refractivity contribution < 1.29 is 4.74 Å². The summed E-state index contributed by atoms with van der Waals surface area (Å²) in [6.07, 6.45) is 3.46. The average molecular weight is 609 g/mol. The molecule has 0 aliphatic carbocycles. The van der Waals surface area contributed by atoms with Crippen molar-refractivity contribution in [3.05, 3.63) is 121 Å². The van der Waals surface area contributed by atoms with Gasteiger partial charge in [0.1, 0.15) is 34.8 Å². The van der Waals surface area contributed by atoms with Crippen LogP contribution in [0.1, 0.15) is 26.3 Å². The SMILES string of the molecule is CC(C)(C)c1ccc2c(c1)c1ccc(Oc3ccc4c5cncnc5n5c6ccccc6nc5c4c3)cc1c1nc3ccccc3n21. The van der Waals surface area contributed by atoms with Crippen molar-refractivity contribution >= 4 is 76.8 Å². The molecule has 7 nitrogen and oxygen atoms in total. The summed E-state index contributed by atoms with van der Waals surface area (Å²) in [6, 6.07) is 35.8. The van der Waals surface area contributed by atoms with Gasteiger partial charge in [0.25, 0.3) is 0 Å². The lowest BCUT2D eigenvalue weighted by molar-refractivity contribution is 0.484. The summed E-state index contributed by atoms with van der Waals surface area (Å²) in [6.45, 7) is 6.77. The van der Waals surface area contributed by atoms with E-state index >= 15 is 0 Å². The molecule has 0 N–H and O–H groups in total. The van der Waals surface area contributed by atoms with E-state index in [2.05, 4.69) is 112 Å². The quantitative estimate of drug-likeness (QED) is 0.183. The van der Waals surface area contributed by atoms with E-state index in [0.717, 1.165) is 83.0 Å². The van der Waals surface area contributed by atoms with Gasteiger partial charge in [-0.05, 0) is 94.5 Å². The number of ether oxygens (including phenoxy) is 1. The van der Waals surface area contributed by atoms with Gasteiger partial charge < -0.3 is 4.74 Å². The number of pyridine rings is 2. The number of aromatic nitrogens is 6. The van der Waals surface area contributed by atoms with Crippen LogP contribution >= 0.6 is 0 Å². The van der Waals surface area contributed by atoms with Gasteiger partial charge >= 0.3 is 0 Å². The summed E-state index contributed by atoms with van der Waals surface area (Å²) in [5.41, 5.74) is 9.02. The molecular weight excluding hydrogens is 580 g/mol. The summed E-state index contributed by atoms with van der Waals surface area (Å²) in [4.78, 5) is 19.2. The molecule has 5 aromatic carbocycles. The van der Waals surface area contributed by atoms with Crippen LogP contribution in [-0.4, -0.2) is 28.7 Å². The lowest BCUT2D eigenvalue weighted by Crippen LogP contribution is -2.10. The number of fused-ring (bicyclic) bond motifs is 16. The summed E-state index contributed by atoms with van der Waals surface area (Å²) in [7, 11) is 0. The Balaban J connectivity index is 1.20. The molecule has 0 unspecified atom stereocenters. The van der Waals surface area contributed by atoms with Crippen molar-refractivity contribution in [1.82, 2.24) is 28.7 Å². The van der Waals surface area contributed by atoms with Crippen molar-refractivity contribution in [2.24, 2.45) is 0 Å². The predicted molar refractivity (Wildman–Crippen MR) is 190 cm³/mol. The Hall–Kier alpha value is -6.08. The summed E-state index contributed by atoms with van der Waals surface area (Å²) < 4.78 is 11.0. The van der Waals surface area contributed by atoms with Gasteiger partial charge in [0.05, 0.1) is 27.6 Å². The third-order valence-corrected chi connectivity index (χ3v) is 9.41. The van der Waals surface area contributed by atoms with Gasteiger partial charge in [-0.1, -0.05) is 51.1 Å². The third kappa shape index (κ3) is 3.74. The second-order valence-electron chi connectivity index (χ2n) is 13.3. The van der Waals surface area contributed by atoms with Crippen LogP contribution in [0.2, 0.25) is 0 Å². The van der Waals surface area contributed by atoms with Gasteiger partial charge in [0.2, 0.25) is 0 Å². The van der Waals surface area contributed by atoms with Gasteiger partial charge in [-0.3, -0.25) is 8.80 Å². The molecule has 0 spiro atoms. The van der Waals surface area contributed by atoms with Crippen molar-refractivity contribution in [3.8, 4) is 11.5 Å². The molecule has 7 heteroatoms. The second kappa shape index (κ2) is 9.23. The van der Waals surface area contributed by atoms with Crippen molar-refractivity contribution in [2.75, 3.05) is 0 Å². The molecule has 0 bridgehead atoms. The number of nitrogens with zero attached hydrogens (tertiary/aromatic N) is 6. The van der Waals surface area contributed by atoms with Gasteiger partial charge in [0.15, 0.2) is 0 Å². The highest BCUT2D eigenvalue weighted by Crippen LogP contribution is 2.39. The smallest absolute Gasteiger partial charge is 0.150 e. The van der Waals surface area contributed by atoms with Crippen LogP contribution in [0.25, 0.3) is 76.8 Å². The number of rotatable bonds is 2. The minimum absolute atomic E-state index is 0.0230. The molecule has 0 saturated heterocycles. The number of imidazole rings is 2. The number of hydrogen-bond donors (Lipinski definition) is 0. The van der Waals surface area contributed by atoms with Crippen LogP contribution in [0, 0.1) is 0 Å².